The molecule has 0 spiro atoms. The molecule has 0 fully saturated rings. The lowest BCUT2D eigenvalue weighted by Crippen LogP contribution is -2.40. The van der Waals surface area contributed by atoms with Gasteiger partial charge in [0.2, 0.25) is 0 Å². The molecule has 0 saturated carbocycles. The van der Waals surface area contributed by atoms with E-state index in [1.165, 1.54) is 0 Å². The van der Waals surface area contributed by atoms with E-state index < -0.39 is 0 Å². The summed E-state index contributed by atoms with van der Waals surface area (Å²) >= 11 is 6.04. The summed E-state index contributed by atoms with van der Waals surface area (Å²) in [7, 11) is 0. The Kier molecular flexibility index (Phi) is 2.93. The van der Waals surface area contributed by atoms with Crippen molar-refractivity contribution in [3.05, 3.63) is 34.3 Å². The van der Waals surface area contributed by atoms with Crippen LogP contribution in [0.15, 0.2) is 18.2 Å². The Morgan fingerprint density at radius 3 is 3.00 bits per heavy atom. The van der Waals surface area contributed by atoms with E-state index in [2.05, 4.69) is 0 Å². The summed E-state index contributed by atoms with van der Waals surface area (Å²) in [5.74, 6) is 0.0456. The molecule has 1 aliphatic rings. The number of carbonyl (C=O) groups is 1. The van der Waals surface area contributed by atoms with Crippen molar-refractivity contribution in [1.82, 2.24) is 4.90 Å². The Morgan fingerprint density at radius 1 is 1.47 bits per heavy atom. The molecule has 2 rings (SSSR count). The number of hydrogen-bond acceptors (Lipinski definition) is 2. The topological polar surface area (TPSA) is 46.3 Å². The molecule has 80 valence electrons. The summed E-state index contributed by atoms with van der Waals surface area (Å²) in [6, 6.07) is 5.46. The molecule has 0 bridgehead atoms. The molecule has 1 aromatic rings. The first-order valence-corrected chi connectivity index (χ1v) is 5.38. The number of hydrogen-bond donors (Lipinski definition) is 1. The Hall–Kier alpha value is -1.06. The zero-order valence-corrected chi connectivity index (χ0v) is 9.13. The lowest BCUT2D eigenvalue weighted by Gasteiger charge is -2.28. The molecule has 0 aromatic heterocycles. The van der Waals surface area contributed by atoms with Crippen molar-refractivity contribution >= 4 is 17.5 Å². The number of fused-ring (bicyclic) bond motifs is 1. The average molecular weight is 225 g/mol. The van der Waals surface area contributed by atoms with E-state index in [-0.39, 0.29) is 5.91 Å². The maximum Gasteiger partial charge on any atom is 0.254 e. The van der Waals surface area contributed by atoms with Crippen LogP contribution in [0.1, 0.15) is 15.9 Å². The van der Waals surface area contributed by atoms with Crippen molar-refractivity contribution in [1.29, 1.82) is 0 Å². The molecule has 3 nitrogen and oxygen atoms in total. The highest BCUT2D eigenvalue weighted by Gasteiger charge is 2.24. The van der Waals surface area contributed by atoms with Crippen LogP contribution in [0.2, 0.25) is 5.02 Å². The Balaban J connectivity index is 2.34. The molecule has 2 N–H and O–H groups in total. The van der Waals surface area contributed by atoms with Gasteiger partial charge >= 0.3 is 0 Å². The minimum absolute atomic E-state index is 0.0456. The van der Waals surface area contributed by atoms with E-state index >= 15 is 0 Å². The van der Waals surface area contributed by atoms with Crippen molar-refractivity contribution in [2.75, 3.05) is 19.6 Å². The second kappa shape index (κ2) is 4.21. The van der Waals surface area contributed by atoms with Gasteiger partial charge in [-0.15, -0.1) is 0 Å². The van der Waals surface area contributed by atoms with E-state index in [0.29, 0.717) is 24.7 Å². The highest BCUT2D eigenvalue weighted by molar-refractivity contribution is 6.32. The second-order valence-corrected chi connectivity index (χ2v) is 4.00. The predicted octanol–water partition coefficient (Wildman–Crippen LogP) is 1.30. The maximum atomic E-state index is 12.0. The lowest BCUT2D eigenvalue weighted by molar-refractivity contribution is 0.0745. The number of carbonyl (C=O) groups excluding carboxylic acids is 1. The van der Waals surface area contributed by atoms with E-state index in [1.54, 1.807) is 4.90 Å². The molecule has 0 saturated heterocycles. The van der Waals surface area contributed by atoms with Gasteiger partial charge in [-0.05, 0) is 24.1 Å². The minimum Gasteiger partial charge on any atom is -0.337 e. The highest BCUT2D eigenvalue weighted by Crippen LogP contribution is 2.25. The van der Waals surface area contributed by atoms with Crippen LogP contribution in [0.25, 0.3) is 0 Å². The van der Waals surface area contributed by atoms with Gasteiger partial charge in [0, 0.05) is 30.2 Å². The fraction of sp³-hybridized carbons (Fsp3) is 0.364. The number of nitrogens with zero attached hydrogens (tertiary/aromatic N) is 1. The molecule has 1 heterocycles. The first kappa shape index (κ1) is 10.5. The third-order valence-corrected chi connectivity index (χ3v) is 3.02. The Bertz CT molecular complexity index is 392. The van der Waals surface area contributed by atoms with E-state index in [9.17, 15) is 4.79 Å². The van der Waals surface area contributed by atoms with Crippen molar-refractivity contribution in [2.24, 2.45) is 5.73 Å². The summed E-state index contributed by atoms with van der Waals surface area (Å²) in [4.78, 5) is 13.7. The smallest absolute Gasteiger partial charge is 0.254 e. The number of rotatable bonds is 2. The summed E-state index contributed by atoms with van der Waals surface area (Å²) in [5, 5.41) is 0.688. The molecular weight excluding hydrogens is 212 g/mol. The first-order chi connectivity index (χ1) is 7.24. The molecule has 0 atom stereocenters. The standard InChI is InChI=1S/C11H13ClN2O/c12-10-3-1-2-9-8(10)4-6-14(7-5-13)11(9)15/h1-3H,4-7,13H2. The fourth-order valence-corrected chi connectivity index (χ4v) is 2.17. The largest absolute Gasteiger partial charge is 0.337 e. The summed E-state index contributed by atoms with van der Waals surface area (Å²) in [6.07, 6.45) is 0.820. The Morgan fingerprint density at radius 2 is 2.27 bits per heavy atom. The van der Waals surface area contributed by atoms with Gasteiger partial charge in [0.1, 0.15) is 0 Å². The third kappa shape index (κ3) is 1.85. The van der Waals surface area contributed by atoms with Gasteiger partial charge in [0.05, 0.1) is 0 Å². The van der Waals surface area contributed by atoms with Crippen molar-refractivity contribution in [3.63, 3.8) is 0 Å². The number of nitrogens with two attached hydrogens (primary N) is 1. The van der Waals surface area contributed by atoms with E-state index in [0.717, 1.165) is 17.5 Å². The van der Waals surface area contributed by atoms with Crippen LogP contribution in [0.5, 0.6) is 0 Å². The minimum atomic E-state index is 0.0456. The van der Waals surface area contributed by atoms with Gasteiger partial charge in [-0.25, -0.2) is 0 Å². The van der Waals surface area contributed by atoms with Gasteiger partial charge in [-0.2, -0.15) is 0 Å². The van der Waals surface area contributed by atoms with Crippen molar-refractivity contribution in [3.8, 4) is 0 Å². The number of halogens is 1. The monoisotopic (exact) mass is 224 g/mol. The molecular formula is C11H13ClN2O. The molecule has 4 heteroatoms. The summed E-state index contributed by atoms with van der Waals surface area (Å²) in [5.41, 5.74) is 7.15. The normalized spacial score (nSPS) is 15.3. The number of amides is 1. The summed E-state index contributed by atoms with van der Waals surface area (Å²) < 4.78 is 0. The van der Waals surface area contributed by atoms with Gasteiger partial charge < -0.3 is 10.6 Å². The maximum absolute atomic E-state index is 12.0. The van der Waals surface area contributed by atoms with Crippen LogP contribution in [0.4, 0.5) is 0 Å². The third-order valence-electron chi connectivity index (χ3n) is 2.67. The molecule has 15 heavy (non-hydrogen) atoms. The Labute approximate surface area is 93.8 Å². The molecule has 1 aromatic carbocycles. The van der Waals surface area contributed by atoms with Gasteiger partial charge in [0.25, 0.3) is 5.91 Å². The van der Waals surface area contributed by atoms with Crippen molar-refractivity contribution < 1.29 is 4.79 Å². The van der Waals surface area contributed by atoms with Gasteiger partial charge in [-0.3, -0.25) is 4.79 Å². The van der Waals surface area contributed by atoms with Crippen LogP contribution in [-0.4, -0.2) is 30.4 Å². The number of benzene rings is 1. The van der Waals surface area contributed by atoms with Crippen LogP contribution in [0.3, 0.4) is 0 Å². The summed E-state index contributed by atoms with van der Waals surface area (Å²) in [6.45, 7) is 1.83. The van der Waals surface area contributed by atoms with E-state index in [1.807, 2.05) is 18.2 Å². The van der Waals surface area contributed by atoms with E-state index in [4.69, 9.17) is 17.3 Å². The van der Waals surface area contributed by atoms with Crippen LogP contribution in [-0.2, 0) is 6.42 Å². The predicted molar refractivity (Wildman–Crippen MR) is 60.1 cm³/mol. The quantitative estimate of drug-likeness (QED) is 0.823. The van der Waals surface area contributed by atoms with Crippen molar-refractivity contribution in [2.45, 2.75) is 6.42 Å². The van der Waals surface area contributed by atoms with Gasteiger partial charge in [0.15, 0.2) is 0 Å². The van der Waals surface area contributed by atoms with Gasteiger partial charge in [-0.1, -0.05) is 17.7 Å². The molecule has 0 radical (unpaired) electrons. The average Bonchev–Trinajstić information content (AvgIpc) is 2.23. The van der Waals surface area contributed by atoms with Crippen LogP contribution in [0, 0.1) is 0 Å². The zero-order valence-electron chi connectivity index (χ0n) is 8.37. The van der Waals surface area contributed by atoms with Crippen LogP contribution < -0.4 is 5.73 Å². The second-order valence-electron chi connectivity index (χ2n) is 3.60. The highest BCUT2D eigenvalue weighted by atomic mass is 35.5. The SMILES string of the molecule is NCCN1CCc2c(Cl)cccc2C1=O. The lowest BCUT2D eigenvalue weighted by atomic mass is 9.99. The molecule has 0 aliphatic carbocycles. The first-order valence-electron chi connectivity index (χ1n) is 5.00. The molecule has 1 aliphatic heterocycles. The fourth-order valence-electron chi connectivity index (χ4n) is 1.90. The molecule has 0 unspecified atom stereocenters. The molecule has 1 amide bonds. The zero-order chi connectivity index (χ0) is 10.8. The van der Waals surface area contributed by atoms with Crippen LogP contribution >= 0.6 is 11.6 Å².